The van der Waals surface area contributed by atoms with Gasteiger partial charge in [0, 0.05) is 10.9 Å². The second-order valence-corrected chi connectivity index (χ2v) is 6.45. The van der Waals surface area contributed by atoms with Gasteiger partial charge in [0.1, 0.15) is 5.82 Å². The van der Waals surface area contributed by atoms with E-state index in [-0.39, 0.29) is 16.4 Å². The van der Waals surface area contributed by atoms with Crippen LogP contribution in [0.5, 0.6) is 0 Å². The molecule has 1 aromatic carbocycles. The normalized spacial score (nSPS) is 23.7. The number of alkyl halides is 1. The topological polar surface area (TPSA) is 29.1 Å². The van der Waals surface area contributed by atoms with Crippen molar-refractivity contribution in [1.29, 1.82) is 0 Å². The lowest BCUT2D eigenvalue weighted by atomic mass is 9.95. The molecule has 0 saturated heterocycles. The van der Waals surface area contributed by atoms with Crippen LogP contribution in [0.3, 0.4) is 0 Å². The first-order valence-electron chi connectivity index (χ1n) is 5.98. The highest BCUT2D eigenvalue weighted by atomic mass is 79.9. The minimum atomic E-state index is -0.415. The second-order valence-electron chi connectivity index (χ2n) is 4.48. The summed E-state index contributed by atoms with van der Waals surface area (Å²) in [5.74, 6) is -0.639. The fourth-order valence-corrected chi connectivity index (χ4v) is 3.34. The molecule has 1 amide bonds. The molecule has 0 aromatic heterocycles. The third-order valence-corrected chi connectivity index (χ3v) is 5.10. The first-order chi connectivity index (χ1) is 8.59. The molecule has 0 bridgehead atoms. The number of nitrogens with one attached hydrogen (secondary N) is 1. The van der Waals surface area contributed by atoms with Crippen LogP contribution in [0.25, 0.3) is 0 Å². The number of halogens is 3. The smallest absolute Gasteiger partial charge is 0.252 e. The monoisotopic (exact) mass is 377 g/mol. The van der Waals surface area contributed by atoms with Crippen LogP contribution in [0.15, 0.2) is 22.7 Å². The zero-order valence-electron chi connectivity index (χ0n) is 9.76. The van der Waals surface area contributed by atoms with Crippen LogP contribution in [0.1, 0.15) is 36.0 Å². The van der Waals surface area contributed by atoms with E-state index in [1.165, 1.54) is 12.5 Å². The summed E-state index contributed by atoms with van der Waals surface area (Å²) in [6.07, 6.45) is 4.34. The van der Waals surface area contributed by atoms with Crippen LogP contribution in [-0.2, 0) is 0 Å². The average Bonchev–Trinajstić information content (AvgIpc) is 2.35. The fourth-order valence-electron chi connectivity index (χ4n) is 2.17. The van der Waals surface area contributed by atoms with Gasteiger partial charge in [-0.25, -0.2) is 4.39 Å². The molecule has 0 spiro atoms. The Morgan fingerprint density at radius 2 is 2.06 bits per heavy atom. The van der Waals surface area contributed by atoms with Gasteiger partial charge in [0.05, 0.1) is 10.0 Å². The minimum absolute atomic E-state index is 0.126. The van der Waals surface area contributed by atoms with E-state index in [0.29, 0.717) is 10.4 Å². The molecule has 2 atom stereocenters. The van der Waals surface area contributed by atoms with E-state index < -0.39 is 5.82 Å². The molecular formula is C13H14Br2FNO. The van der Waals surface area contributed by atoms with E-state index in [1.807, 2.05) is 0 Å². The van der Waals surface area contributed by atoms with Crippen LogP contribution in [0, 0.1) is 5.82 Å². The van der Waals surface area contributed by atoms with Crippen LogP contribution < -0.4 is 5.32 Å². The van der Waals surface area contributed by atoms with Gasteiger partial charge in [-0.2, -0.15) is 0 Å². The second kappa shape index (κ2) is 6.15. The lowest BCUT2D eigenvalue weighted by molar-refractivity contribution is 0.0928. The van der Waals surface area contributed by atoms with Gasteiger partial charge in [-0.1, -0.05) is 34.8 Å². The van der Waals surface area contributed by atoms with Crippen molar-refractivity contribution < 1.29 is 9.18 Å². The Labute approximate surface area is 123 Å². The first-order valence-corrected chi connectivity index (χ1v) is 7.69. The first kappa shape index (κ1) is 14.0. The molecule has 0 aliphatic heterocycles. The van der Waals surface area contributed by atoms with E-state index in [9.17, 15) is 9.18 Å². The Bertz CT molecular complexity index is 453. The van der Waals surface area contributed by atoms with E-state index in [1.54, 1.807) is 12.1 Å². The molecule has 2 rings (SSSR count). The molecule has 0 radical (unpaired) electrons. The van der Waals surface area contributed by atoms with E-state index in [2.05, 4.69) is 37.2 Å². The van der Waals surface area contributed by atoms with Crippen molar-refractivity contribution >= 4 is 37.8 Å². The van der Waals surface area contributed by atoms with Gasteiger partial charge in [0.2, 0.25) is 0 Å². The Morgan fingerprint density at radius 3 is 2.78 bits per heavy atom. The Balaban J connectivity index is 2.09. The van der Waals surface area contributed by atoms with E-state index >= 15 is 0 Å². The molecule has 2 unspecified atom stereocenters. The van der Waals surface area contributed by atoms with Gasteiger partial charge in [0.15, 0.2) is 0 Å². The third-order valence-electron chi connectivity index (χ3n) is 3.19. The van der Waals surface area contributed by atoms with E-state index in [4.69, 9.17) is 0 Å². The summed E-state index contributed by atoms with van der Waals surface area (Å²) in [5.41, 5.74) is 0.347. The van der Waals surface area contributed by atoms with Crippen molar-refractivity contribution in [3.05, 3.63) is 34.1 Å². The Morgan fingerprint density at radius 1 is 1.33 bits per heavy atom. The fraction of sp³-hybridized carbons (Fsp3) is 0.462. The molecule has 5 heteroatoms. The van der Waals surface area contributed by atoms with Crippen LogP contribution >= 0.6 is 31.9 Å². The molecule has 98 valence electrons. The summed E-state index contributed by atoms with van der Waals surface area (Å²) >= 11 is 6.70. The summed E-state index contributed by atoms with van der Waals surface area (Å²) in [5, 5.41) is 2.97. The summed E-state index contributed by atoms with van der Waals surface area (Å²) in [6.45, 7) is 0. The maximum Gasteiger partial charge on any atom is 0.252 e. The van der Waals surface area contributed by atoms with Crippen LogP contribution in [-0.4, -0.2) is 16.8 Å². The number of rotatable bonds is 2. The standard InChI is InChI=1S/C13H14Br2FNO/c14-9-5-1-2-7-11(9)17-13(18)8-4-3-6-10(16)12(8)15/h3-4,6,9,11H,1-2,5,7H2,(H,17,18). The highest BCUT2D eigenvalue weighted by molar-refractivity contribution is 9.10. The molecular weight excluding hydrogens is 365 g/mol. The molecule has 1 fully saturated rings. The maximum absolute atomic E-state index is 13.4. The number of benzene rings is 1. The summed E-state index contributed by atoms with van der Waals surface area (Å²) < 4.78 is 13.6. The highest BCUT2D eigenvalue weighted by Crippen LogP contribution is 2.26. The van der Waals surface area contributed by atoms with Crippen molar-refractivity contribution in [2.75, 3.05) is 0 Å². The Hall–Kier alpha value is -0.420. The zero-order valence-corrected chi connectivity index (χ0v) is 12.9. The third kappa shape index (κ3) is 3.12. The molecule has 2 nitrogen and oxygen atoms in total. The van der Waals surface area contributed by atoms with Gasteiger partial charge < -0.3 is 5.32 Å². The number of carbonyl (C=O) groups is 1. The molecule has 1 N–H and O–H groups in total. The maximum atomic E-state index is 13.4. The van der Waals surface area contributed by atoms with E-state index in [0.717, 1.165) is 19.3 Å². The van der Waals surface area contributed by atoms with Crippen molar-refractivity contribution in [3.8, 4) is 0 Å². The predicted octanol–water partition coefficient (Wildman–Crippen LogP) is 4.02. The lowest BCUT2D eigenvalue weighted by Crippen LogP contribution is -2.42. The van der Waals surface area contributed by atoms with Crippen molar-refractivity contribution in [2.24, 2.45) is 0 Å². The summed E-state index contributed by atoms with van der Waals surface area (Å²) in [7, 11) is 0. The number of carbonyl (C=O) groups excluding carboxylic acids is 1. The predicted molar refractivity (Wildman–Crippen MR) is 76.5 cm³/mol. The van der Waals surface area contributed by atoms with Crippen LogP contribution in [0.4, 0.5) is 4.39 Å². The molecule has 1 aliphatic rings. The van der Waals surface area contributed by atoms with Gasteiger partial charge in [-0.3, -0.25) is 4.79 Å². The molecule has 0 heterocycles. The molecule has 1 aromatic rings. The SMILES string of the molecule is O=C(NC1CCCCC1Br)c1cccc(F)c1Br. The minimum Gasteiger partial charge on any atom is -0.348 e. The zero-order chi connectivity index (χ0) is 13.1. The molecule has 1 aliphatic carbocycles. The van der Waals surface area contributed by atoms with Crippen molar-refractivity contribution in [3.63, 3.8) is 0 Å². The quantitative estimate of drug-likeness (QED) is 0.773. The molecule has 1 saturated carbocycles. The largest absolute Gasteiger partial charge is 0.348 e. The van der Waals surface area contributed by atoms with Gasteiger partial charge in [-0.05, 0) is 40.9 Å². The highest BCUT2D eigenvalue weighted by Gasteiger charge is 2.25. The summed E-state index contributed by atoms with van der Waals surface area (Å²) in [4.78, 5) is 12.4. The van der Waals surface area contributed by atoms with Gasteiger partial charge in [-0.15, -0.1) is 0 Å². The number of amides is 1. The van der Waals surface area contributed by atoms with Crippen molar-refractivity contribution in [1.82, 2.24) is 5.32 Å². The average molecular weight is 379 g/mol. The Kier molecular flexibility index (Phi) is 4.78. The number of hydrogen-bond donors (Lipinski definition) is 1. The van der Waals surface area contributed by atoms with Gasteiger partial charge in [0.25, 0.3) is 5.91 Å². The number of hydrogen-bond acceptors (Lipinski definition) is 1. The summed E-state index contributed by atoms with van der Waals surface area (Å²) in [6, 6.07) is 4.62. The van der Waals surface area contributed by atoms with Crippen molar-refractivity contribution in [2.45, 2.75) is 36.6 Å². The molecule has 18 heavy (non-hydrogen) atoms. The van der Waals surface area contributed by atoms with Crippen LogP contribution in [0.2, 0.25) is 0 Å². The van der Waals surface area contributed by atoms with Gasteiger partial charge >= 0.3 is 0 Å². The lowest BCUT2D eigenvalue weighted by Gasteiger charge is -2.28.